The number of allylic oxidation sites excluding steroid dienone is 3. The summed E-state index contributed by atoms with van der Waals surface area (Å²) in [6.45, 7) is 1.86. The first-order valence-electron chi connectivity index (χ1n) is 18.8. The second-order valence-corrected chi connectivity index (χ2v) is 15.5. The molecular formula is C44H45N3O7. The Morgan fingerprint density at radius 2 is 2.02 bits per heavy atom. The molecule has 0 amide bonds. The Bertz CT molecular complexity index is 2250. The maximum atomic E-state index is 12.4. The number of ether oxygens (including phenoxy) is 4. The number of hydrogen-bond donors (Lipinski definition) is 5. The Labute approximate surface area is 315 Å². The van der Waals surface area contributed by atoms with E-state index in [4.69, 9.17) is 24.7 Å². The van der Waals surface area contributed by atoms with E-state index in [2.05, 4.69) is 40.7 Å². The maximum Gasteiger partial charge on any atom is 0.302 e. The summed E-state index contributed by atoms with van der Waals surface area (Å²) in [7, 11) is 3.51. The van der Waals surface area contributed by atoms with Gasteiger partial charge in [0, 0.05) is 52.6 Å². The van der Waals surface area contributed by atoms with Gasteiger partial charge in [-0.25, -0.2) is 0 Å². The number of hydrogen-bond acceptors (Lipinski definition) is 10. The van der Waals surface area contributed by atoms with Crippen molar-refractivity contribution in [2.75, 3.05) is 27.4 Å². The van der Waals surface area contributed by atoms with Crippen molar-refractivity contribution in [3.05, 3.63) is 93.2 Å². The lowest BCUT2D eigenvalue weighted by molar-refractivity contribution is -0.141. The quantitative estimate of drug-likeness (QED) is 0.166. The summed E-state index contributed by atoms with van der Waals surface area (Å²) in [4.78, 5) is 12.4. The first-order chi connectivity index (χ1) is 26.2. The highest BCUT2D eigenvalue weighted by molar-refractivity contribution is 5.84. The highest BCUT2D eigenvalue weighted by atomic mass is 16.5. The number of carbonyl (C=O) groups is 1. The minimum absolute atomic E-state index is 0.0261. The molecule has 9 rings (SSSR count). The molecule has 1 unspecified atom stereocenters. The average Bonchev–Trinajstić information content (AvgIpc) is 3.63. The summed E-state index contributed by atoms with van der Waals surface area (Å²) in [6.07, 6.45) is 11.9. The fourth-order valence-corrected chi connectivity index (χ4v) is 9.88. The van der Waals surface area contributed by atoms with E-state index in [1.54, 1.807) is 19.2 Å². The van der Waals surface area contributed by atoms with Crippen LogP contribution in [-0.4, -0.2) is 55.8 Å². The molecule has 10 nitrogen and oxygen atoms in total. The zero-order chi connectivity index (χ0) is 37.3. The van der Waals surface area contributed by atoms with Gasteiger partial charge in [-0.1, -0.05) is 36.3 Å². The first-order valence-corrected chi connectivity index (χ1v) is 18.8. The van der Waals surface area contributed by atoms with Crippen LogP contribution >= 0.6 is 0 Å². The molecule has 0 radical (unpaired) electrons. The molecule has 278 valence electrons. The molecule has 54 heavy (non-hydrogen) atoms. The third-order valence-electron chi connectivity index (χ3n) is 12.2. The van der Waals surface area contributed by atoms with Gasteiger partial charge in [-0.3, -0.25) is 4.79 Å². The molecule has 1 saturated carbocycles. The standard InChI is InChI=1S/C44H45N3O7/c1-23(48)52-22-33-30-10-11-31-38-27(16-29(49)18-36(38)51-3)20-44-14-13-24(19-44)15-25-7-12-37(45)47-34(25)6-4-5-26-17-35(50)41-32(9-8-28(46-2)21-53-41)39(26)42(33)54-43(30)40(31)44/h7-12,16-18,24,28,33,37,42,46-47,49-50H,5,13-15,19-22,45H2,1-3H3/t24-,28+,33+,37?,42+,44+/m1/s1. The SMILES string of the molecule is CN[C@H]1C=Cc2c(c(O)cc3c2[C@H]2Oc4c(ccc5c4[C@]4(CC[C@H](CC6=C(C#CC3)NC(N)C=C6)C4)Cc3cc(O)cc(OC)c3-5)[C@@H]2COC(C)=O)OC1. The molecule has 1 fully saturated rings. The topological polar surface area (TPSA) is 145 Å². The van der Waals surface area contributed by atoms with Crippen molar-refractivity contribution in [2.24, 2.45) is 11.7 Å². The summed E-state index contributed by atoms with van der Waals surface area (Å²) in [5.74, 6) is 8.45. The number of methoxy groups -OCH3 is 1. The number of carbonyl (C=O) groups excluding carboxylic acids is 1. The largest absolute Gasteiger partial charge is 0.508 e. The number of aromatic hydroxyl groups is 2. The van der Waals surface area contributed by atoms with Crippen molar-refractivity contribution in [1.29, 1.82) is 0 Å². The maximum absolute atomic E-state index is 12.4. The minimum Gasteiger partial charge on any atom is -0.508 e. The van der Waals surface area contributed by atoms with Crippen LogP contribution in [0.4, 0.5) is 0 Å². The Hall–Kier alpha value is -5.37. The van der Waals surface area contributed by atoms with Gasteiger partial charge in [-0.15, -0.1) is 0 Å². The van der Waals surface area contributed by atoms with E-state index in [1.807, 2.05) is 31.3 Å². The molecule has 10 heteroatoms. The number of phenols is 2. The summed E-state index contributed by atoms with van der Waals surface area (Å²) in [6, 6.07) is 9.49. The number of phenolic OH excluding ortho intramolecular Hbond substituents is 2. The van der Waals surface area contributed by atoms with Crippen LogP contribution in [0.1, 0.15) is 78.0 Å². The van der Waals surface area contributed by atoms with E-state index < -0.39 is 6.10 Å². The van der Waals surface area contributed by atoms with Gasteiger partial charge in [0.25, 0.3) is 0 Å². The molecule has 6 aliphatic rings. The molecule has 1 spiro atoms. The van der Waals surface area contributed by atoms with Crippen molar-refractivity contribution < 1.29 is 34.0 Å². The van der Waals surface area contributed by atoms with Gasteiger partial charge in [-0.05, 0) is 91.5 Å². The van der Waals surface area contributed by atoms with Gasteiger partial charge in [-0.2, -0.15) is 0 Å². The van der Waals surface area contributed by atoms with E-state index in [0.717, 1.165) is 81.6 Å². The fourth-order valence-electron chi connectivity index (χ4n) is 9.88. The van der Waals surface area contributed by atoms with E-state index >= 15 is 0 Å². The van der Waals surface area contributed by atoms with E-state index in [9.17, 15) is 15.0 Å². The molecule has 6 atom stereocenters. The lowest BCUT2D eigenvalue weighted by Crippen LogP contribution is -2.37. The van der Waals surface area contributed by atoms with Crippen LogP contribution in [0.15, 0.2) is 59.8 Å². The lowest BCUT2D eigenvalue weighted by atomic mass is 9.65. The van der Waals surface area contributed by atoms with Crippen molar-refractivity contribution in [1.82, 2.24) is 10.6 Å². The Morgan fingerprint density at radius 1 is 1.15 bits per heavy atom. The summed E-state index contributed by atoms with van der Waals surface area (Å²) < 4.78 is 25.4. The van der Waals surface area contributed by atoms with Crippen LogP contribution in [-0.2, 0) is 27.8 Å². The predicted molar refractivity (Wildman–Crippen MR) is 204 cm³/mol. The zero-order valence-corrected chi connectivity index (χ0v) is 30.8. The first kappa shape index (κ1) is 34.4. The number of benzene rings is 3. The number of esters is 1. The van der Waals surface area contributed by atoms with E-state index in [-0.39, 0.29) is 47.6 Å². The number of dihydropyridines is 1. The Kier molecular flexibility index (Phi) is 8.40. The minimum atomic E-state index is -0.599. The van der Waals surface area contributed by atoms with Crippen molar-refractivity contribution in [2.45, 2.75) is 75.1 Å². The van der Waals surface area contributed by atoms with E-state index in [0.29, 0.717) is 42.4 Å². The van der Waals surface area contributed by atoms with Gasteiger partial charge in [0.2, 0.25) is 0 Å². The van der Waals surface area contributed by atoms with Crippen molar-refractivity contribution >= 4 is 12.0 Å². The molecule has 4 aliphatic heterocycles. The number of rotatable bonds is 4. The number of fused-ring (bicyclic) bond motifs is 8. The molecule has 0 saturated heterocycles. The Balaban J connectivity index is 1.32. The van der Waals surface area contributed by atoms with Crippen LogP contribution in [0.5, 0.6) is 28.7 Å². The van der Waals surface area contributed by atoms with Gasteiger partial charge < -0.3 is 45.5 Å². The third-order valence-corrected chi connectivity index (χ3v) is 12.2. The smallest absolute Gasteiger partial charge is 0.302 e. The van der Waals surface area contributed by atoms with E-state index in [1.165, 1.54) is 6.92 Å². The Morgan fingerprint density at radius 3 is 2.83 bits per heavy atom. The molecule has 2 aliphatic carbocycles. The van der Waals surface area contributed by atoms with Crippen molar-refractivity contribution in [3.8, 4) is 51.7 Å². The van der Waals surface area contributed by atoms with Crippen LogP contribution in [0, 0.1) is 17.8 Å². The van der Waals surface area contributed by atoms with Crippen LogP contribution in [0.25, 0.3) is 17.2 Å². The molecular weight excluding hydrogens is 682 g/mol. The van der Waals surface area contributed by atoms with Gasteiger partial charge in [0.15, 0.2) is 11.5 Å². The predicted octanol–water partition coefficient (Wildman–Crippen LogP) is 5.79. The van der Waals surface area contributed by atoms with Gasteiger partial charge in [0.05, 0.1) is 30.9 Å². The zero-order valence-electron chi connectivity index (χ0n) is 30.8. The monoisotopic (exact) mass is 727 g/mol. The van der Waals surface area contributed by atoms with Crippen LogP contribution in [0.2, 0.25) is 0 Å². The van der Waals surface area contributed by atoms with Crippen molar-refractivity contribution in [3.63, 3.8) is 0 Å². The normalized spacial score (nSPS) is 26.9. The molecule has 3 aromatic carbocycles. The fraction of sp³-hybridized carbons (Fsp3) is 0.386. The number of nitrogens with one attached hydrogen (secondary N) is 2. The molecule has 4 heterocycles. The average molecular weight is 728 g/mol. The van der Waals surface area contributed by atoms with Crippen LogP contribution in [0.3, 0.4) is 0 Å². The molecule has 4 bridgehead atoms. The summed E-state index contributed by atoms with van der Waals surface area (Å²) in [5.41, 5.74) is 15.5. The summed E-state index contributed by atoms with van der Waals surface area (Å²) >= 11 is 0. The number of nitrogens with two attached hydrogens (primary N) is 1. The summed E-state index contributed by atoms with van der Waals surface area (Å²) in [5, 5.41) is 29.0. The second kappa shape index (κ2) is 13.2. The molecule has 6 N–H and O–H groups in total. The third kappa shape index (κ3) is 5.60. The highest BCUT2D eigenvalue weighted by Crippen LogP contribution is 2.63. The van der Waals surface area contributed by atoms with Crippen LogP contribution < -0.4 is 30.6 Å². The van der Waals surface area contributed by atoms with Gasteiger partial charge >= 0.3 is 5.97 Å². The van der Waals surface area contributed by atoms with Gasteiger partial charge in [0.1, 0.15) is 36.6 Å². The second-order valence-electron chi connectivity index (χ2n) is 15.5. The molecule has 0 aromatic heterocycles. The highest BCUT2D eigenvalue weighted by Gasteiger charge is 2.51. The lowest BCUT2D eigenvalue weighted by Gasteiger charge is -2.39. The number of likely N-dealkylation sites (N-methyl/N-ethyl adjacent to an activating group) is 1. The molecule has 3 aromatic rings.